The number of methoxy groups -OCH3 is 2. The molecule has 1 amide bonds. The largest absolute Gasteiger partial charge is 0.497 e. The normalized spacial score (nSPS) is 11.2. The molecule has 1 atom stereocenters. The number of amides is 1. The number of aromatic nitrogens is 3. The van der Waals surface area contributed by atoms with Gasteiger partial charge in [0.2, 0.25) is 23.8 Å². The number of carbonyl (C=O) groups excluding carboxylic acids is 1. The Bertz CT molecular complexity index is 1280. The third-order valence-corrected chi connectivity index (χ3v) is 5.39. The Morgan fingerprint density at radius 3 is 1.76 bits per heavy atom. The maximum Gasteiger partial charge on any atom is 0.246 e. The van der Waals surface area contributed by atoms with Gasteiger partial charge in [-0.3, -0.25) is 4.79 Å². The number of nitrogens with zero attached hydrogens (tertiary/aromatic N) is 3. The maximum absolute atomic E-state index is 12.8. The quantitative estimate of drug-likeness (QED) is 0.216. The molecule has 1 aromatic heterocycles. The van der Waals surface area contributed by atoms with E-state index in [1.54, 1.807) is 45.4 Å². The van der Waals surface area contributed by atoms with Crippen LogP contribution in [0.15, 0.2) is 72.8 Å². The Morgan fingerprint density at radius 1 is 0.757 bits per heavy atom. The van der Waals surface area contributed by atoms with Crippen molar-refractivity contribution in [2.75, 3.05) is 35.5 Å². The lowest BCUT2D eigenvalue weighted by molar-refractivity contribution is -0.116. The molecule has 4 rings (SSSR count). The average molecular weight is 520 g/mol. The van der Waals surface area contributed by atoms with Crippen LogP contribution in [0.4, 0.5) is 34.9 Å². The van der Waals surface area contributed by atoms with E-state index in [4.69, 9.17) is 21.1 Å². The molecule has 37 heavy (non-hydrogen) atoms. The van der Waals surface area contributed by atoms with Crippen molar-refractivity contribution in [3.63, 3.8) is 0 Å². The number of ether oxygens (including phenoxy) is 2. The molecule has 190 valence electrons. The first-order valence-corrected chi connectivity index (χ1v) is 11.7. The Morgan fingerprint density at radius 2 is 1.27 bits per heavy atom. The lowest BCUT2D eigenvalue weighted by Crippen LogP contribution is -2.32. The molecule has 0 fully saturated rings. The molecule has 0 bridgehead atoms. The van der Waals surface area contributed by atoms with Gasteiger partial charge in [0.1, 0.15) is 17.5 Å². The summed E-state index contributed by atoms with van der Waals surface area (Å²) in [6, 6.07) is 20.9. The average Bonchev–Trinajstić information content (AvgIpc) is 2.89. The van der Waals surface area contributed by atoms with Crippen LogP contribution in [0.3, 0.4) is 0 Å². The minimum Gasteiger partial charge on any atom is -0.497 e. The fourth-order valence-electron chi connectivity index (χ4n) is 3.24. The summed E-state index contributed by atoms with van der Waals surface area (Å²) in [5.41, 5.74) is 2.09. The Balaban J connectivity index is 1.55. The molecule has 11 heteroatoms. The molecule has 0 aliphatic heterocycles. The van der Waals surface area contributed by atoms with Crippen molar-refractivity contribution in [1.82, 2.24) is 15.0 Å². The van der Waals surface area contributed by atoms with Gasteiger partial charge in [-0.2, -0.15) is 15.0 Å². The number of nitrogens with one attached hydrogen (secondary N) is 4. The van der Waals surface area contributed by atoms with Crippen LogP contribution in [0.25, 0.3) is 0 Å². The number of hydrogen-bond acceptors (Lipinski definition) is 9. The molecule has 0 aliphatic carbocycles. The summed E-state index contributed by atoms with van der Waals surface area (Å²) in [5.74, 6) is 1.94. The predicted octanol–water partition coefficient (Wildman–Crippen LogP) is 5.47. The molecular weight excluding hydrogens is 494 g/mol. The van der Waals surface area contributed by atoms with Crippen molar-refractivity contribution < 1.29 is 14.3 Å². The summed E-state index contributed by atoms with van der Waals surface area (Å²) in [4.78, 5) is 26.1. The van der Waals surface area contributed by atoms with Gasteiger partial charge < -0.3 is 30.7 Å². The molecule has 0 saturated carbocycles. The van der Waals surface area contributed by atoms with E-state index < -0.39 is 6.04 Å². The highest BCUT2D eigenvalue weighted by atomic mass is 35.5. The first-order chi connectivity index (χ1) is 17.9. The smallest absolute Gasteiger partial charge is 0.246 e. The van der Waals surface area contributed by atoms with Crippen LogP contribution in [0, 0.1) is 0 Å². The molecule has 4 aromatic rings. The van der Waals surface area contributed by atoms with Gasteiger partial charge in [-0.1, -0.05) is 17.7 Å². The molecule has 0 spiro atoms. The summed E-state index contributed by atoms with van der Waals surface area (Å²) in [5, 5.41) is 12.7. The molecule has 1 heterocycles. The monoisotopic (exact) mass is 519 g/mol. The minimum absolute atomic E-state index is 0.204. The number of halogens is 1. The topological polar surface area (TPSA) is 122 Å². The second-order valence-corrected chi connectivity index (χ2v) is 8.32. The number of benzene rings is 3. The second-order valence-electron chi connectivity index (χ2n) is 7.88. The van der Waals surface area contributed by atoms with Crippen LogP contribution in [0.5, 0.6) is 11.5 Å². The van der Waals surface area contributed by atoms with E-state index in [2.05, 4.69) is 36.2 Å². The Labute approximate surface area is 219 Å². The van der Waals surface area contributed by atoms with E-state index in [-0.39, 0.29) is 23.8 Å². The Hall–Kier alpha value is -4.57. The first-order valence-electron chi connectivity index (χ1n) is 11.3. The number of carbonyl (C=O) groups is 1. The van der Waals surface area contributed by atoms with Crippen molar-refractivity contribution in [2.45, 2.75) is 13.0 Å². The van der Waals surface area contributed by atoms with Crippen molar-refractivity contribution in [2.24, 2.45) is 0 Å². The highest BCUT2D eigenvalue weighted by molar-refractivity contribution is 6.30. The molecular formula is C26H26ClN7O3. The van der Waals surface area contributed by atoms with E-state index in [0.29, 0.717) is 10.7 Å². The van der Waals surface area contributed by atoms with Crippen LogP contribution < -0.4 is 30.7 Å². The van der Waals surface area contributed by atoms with Crippen molar-refractivity contribution in [1.29, 1.82) is 0 Å². The van der Waals surface area contributed by atoms with Crippen LogP contribution in [-0.2, 0) is 4.79 Å². The van der Waals surface area contributed by atoms with E-state index in [1.807, 2.05) is 48.5 Å². The van der Waals surface area contributed by atoms with Gasteiger partial charge in [0.25, 0.3) is 0 Å². The summed E-state index contributed by atoms with van der Waals surface area (Å²) in [7, 11) is 3.21. The van der Waals surface area contributed by atoms with Crippen molar-refractivity contribution in [3.05, 3.63) is 77.8 Å². The van der Waals surface area contributed by atoms with Gasteiger partial charge in [-0.25, -0.2) is 0 Å². The van der Waals surface area contributed by atoms with Crippen molar-refractivity contribution >= 4 is 52.4 Å². The van der Waals surface area contributed by atoms with Gasteiger partial charge in [-0.15, -0.1) is 0 Å². The molecule has 0 radical (unpaired) electrons. The van der Waals surface area contributed by atoms with Crippen LogP contribution in [-0.4, -0.2) is 41.1 Å². The zero-order chi connectivity index (χ0) is 26.2. The van der Waals surface area contributed by atoms with E-state index in [0.717, 1.165) is 22.9 Å². The minimum atomic E-state index is -0.663. The van der Waals surface area contributed by atoms with E-state index >= 15 is 0 Å². The van der Waals surface area contributed by atoms with Gasteiger partial charge in [-0.05, 0) is 73.7 Å². The summed E-state index contributed by atoms with van der Waals surface area (Å²) in [6.07, 6.45) is 0. The van der Waals surface area contributed by atoms with E-state index in [9.17, 15) is 4.79 Å². The molecule has 0 unspecified atom stereocenters. The molecule has 3 aromatic carbocycles. The first kappa shape index (κ1) is 25.5. The number of anilines is 6. The summed E-state index contributed by atoms with van der Waals surface area (Å²) in [6.45, 7) is 1.71. The highest BCUT2D eigenvalue weighted by Crippen LogP contribution is 2.22. The zero-order valence-corrected chi connectivity index (χ0v) is 21.2. The second kappa shape index (κ2) is 11.9. The third kappa shape index (κ3) is 7.21. The van der Waals surface area contributed by atoms with Gasteiger partial charge in [0, 0.05) is 22.1 Å². The summed E-state index contributed by atoms with van der Waals surface area (Å²) < 4.78 is 10.4. The fourth-order valence-corrected chi connectivity index (χ4v) is 3.43. The zero-order valence-electron chi connectivity index (χ0n) is 20.4. The van der Waals surface area contributed by atoms with Crippen LogP contribution >= 0.6 is 11.6 Å². The maximum atomic E-state index is 12.8. The third-order valence-electron chi connectivity index (χ3n) is 5.16. The standard InChI is InChI=1S/C26H26ClN7O3/c1-16(23(35)29-20-6-4-5-17(27)15-20)28-24-32-25(30-18-7-11-21(36-2)12-8-18)34-26(33-24)31-19-9-13-22(37-3)14-10-19/h4-16H,1-3H3,(H,29,35)(H3,28,30,31,32,33,34)/t16-/m1/s1. The lowest BCUT2D eigenvalue weighted by atomic mass is 10.2. The van der Waals surface area contributed by atoms with Crippen LogP contribution in [0.2, 0.25) is 5.02 Å². The molecule has 4 N–H and O–H groups in total. The molecule has 0 saturated heterocycles. The van der Waals surface area contributed by atoms with Gasteiger partial charge >= 0.3 is 0 Å². The van der Waals surface area contributed by atoms with Gasteiger partial charge in [0.05, 0.1) is 14.2 Å². The number of hydrogen-bond donors (Lipinski definition) is 4. The number of rotatable bonds is 10. The van der Waals surface area contributed by atoms with Gasteiger partial charge in [0.15, 0.2) is 0 Å². The SMILES string of the molecule is COc1ccc(Nc2nc(Nc3ccc(OC)cc3)nc(N[C@H](C)C(=O)Nc3cccc(Cl)c3)n2)cc1. The Kier molecular flexibility index (Phi) is 8.22. The summed E-state index contributed by atoms with van der Waals surface area (Å²) >= 11 is 6.02. The molecule has 0 aliphatic rings. The van der Waals surface area contributed by atoms with Crippen molar-refractivity contribution in [3.8, 4) is 11.5 Å². The fraction of sp³-hybridized carbons (Fsp3) is 0.154. The predicted molar refractivity (Wildman–Crippen MR) is 146 cm³/mol. The van der Waals surface area contributed by atoms with Crippen LogP contribution in [0.1, 0.15) is 6.92 Å². The van der Waals surface area contributed by atoms with E-state index in [1.165, 1.54) is 0 Å². The lowest BCUT2D eigenvalue weighted by Gasteiger charge is -2.16. The highest BCUT2D eigenvalue weighted by Gasteiger charge is 2.16. The molecule has 10 nitrogen and oxygen atoms in total.